The molecular formula is C13H28O. The summed E-state index contributed by atoms with van der Waals surface area (Å²) in [5.41, 5.74) is 0.368. The van der Waals surface area contributed by atoms with E-state index in [1.165, 1.54) is 0 Å². The van der Waals surface area contributed by atoms with Gasteiger partial charge in [0.2, 0.25) is 0 Å². The van der Waals surface area contributed by atoms with E-state index in [9.17, 15) is 0 Å². The molecule has 0 unspecified atom stereocenters. The average Bonchev–Trinajstić information content (AvgIpc) is 1.79. The summed E-state index contributed by atoms with van der Waals surface area (Å²) >= 11 is 0. The van der Waals surface area contributed by atoms with Crippen molar-refractivity contribution in [2.45, 2.75) is 73.5 Å². The van der Waals surface area contributed by atoms with Crippen LogP contribution in [0.4, 0.5) is 0 Å². The Hall–Kier alpha value is -0.0400. The van der Waals surface area contributed by atoms with Crippen LogP contribution in [0.2, 0.25) is 0 Å². The molecule has 14 heavy (non-hydrogen) atoms. The molecule has 0 saturated heterocycles. The second-order valence-corrected chi connectivity index (χ2v) is 6.54. The Bertz CT molecular complexity index is 159. The predicted octanol–water partition coefficient (Wildman–Crippen LogP) is 4.26. The number of ether oxygens (including phenoxy) is 1. The van der Waals surface area contributed by atoms with Crippen LogP contribution in [0.25, 0.3) is 0 Å². The Labute approximate surface area is 90.2 Å². The van der Waals surface area contributed by atoms with Gasteiger partial charge in [-0.15, -0.1) is 0 Å². The quantitative estimate of drug-likeness (QED) is 0.661. The van der Waals surface area contributed by atoms with Crippen LogP contribution in [0.5, 0.6) is 0 Å². The van der Waals surface area contributed by atoms with Gasteiger partial charge in [-0.25, -0.2) is 0 Å². The first-order valence-corrected chi connectivity index (χ1v) is 5.70. The van der Waals surface area contributed by atoms with Crippen molar-refractivity contribution in [1.82, 2.24) is 0 Å². The lowest BCUT2D eigenvalue weighted by atomic mass is 9.79. The van der Waals surface area contributed by atoms with Crippen molar-refractivity contribution in [3.8, 4) is 0 Å². The molecule has 0 radical (unpaired) electrons. The zero-order valence-electron chi connectivity index (χ0n) is 11.3. The Balaban J connectivity index is 4.01. The molecule has 0 rings (SSSR count). The molecule has 0 bridgehead atoms. The van der Waals surface area contributed by atoms with Crippen LogP contribution >= 0.6 is 0 Å². The van der Waals surface area contributed by atoms with Crippen molar-refractivity contribution in [3.05, 3.63) is 0 Å². The highest BCUT2D eigenvalue weighted by Gasteiger charge is 2.24. The van der Waals surface area contributed by atoms with Crippen LogP contribution in [-0.2, 0) is 4.74 Å². The van der Waals surface area contributed by atoms with Crippen LogP contribution < -0.4 is 0 Å². The summed E-state index contributed by atoms with van der Waals surface area (Å²) in [6.07, 6.45) is 1.49. The van der Waals surface area contributed by atoms with Crippen LogP contribution in [0.15, 0.2) is 0 Å². The van der Waals surface area contributed by atoms with Gasteiger partial charge in [0, 0.05) is 0 Å². The van der Waals surface area contributed by atoms with Crippen molar-refractivity contribution in [3.63, 3.8) is 0 Å². The highest BCUT2D eigenvalue weighted by molar-refractivity contribution is 4.73. The molecule has 2 atom stereocenters. The fraction of sp³-hybridized carbons (Fsp3) is 1.00. The first kappa shape index (κ1) is 14.0. The summed E-state index contributed by atoms with van der Waals surface area (Å²) in [6.45, 7) is 17.7. The lowest BCUT2D eigenvalue weighted by Gasteiger charge is -2.32. The lowest BCUT2D eigenvalue weighted by molar-refractivity contribution is -0.0645. The Morgan fingerprint density at radius 3 is 1.64 bits per heavy atom. The fourth-order valence-corrected chi connectivity index (χ4v) is 1.50. The molecule has 0 aliphatic rings. The van der Waals surface area contributed by atoms with Gasteiger partial charge in [-0.2, -0.15) is 0 Å². The zero-order chi connectivity index (χ0) is 11.6. The van der Waals surface area contributed by atoms with Crippen molar-refractivity contribution in [2.24, 2.45) is 11.3 Å². The summed E-state index contributed by atoms with van der Waals surface area (Å²) in [6, 6.07) is 0. The molecule has 0 spiro atoms. The smallest absolute Gasteiger partial charge is 0.0602 e. The van der Waals surface area contributed by atoms with E-state index in [0.717, 1.165) is 6.42 Å². The van der Waals surface area contributed by atoms with E-state index >= 15 is 0 Å². The molecule has 0 aliphatic heterocycles. The van der Waals surface area contributed by atoms with E-state index in [2.05, 4.69) is 55.4 Å². The second-order valence-electron chi connectivity index (χ2n) is 6.54. The minimum atomic E-state index is -0.0168. The Morgan fingerprint density at radius 2 is 1.36 bits per heavy atom. The van der Waals surface area contributed by atoms with E-state index in [4.69, 9.17) is 4.74 Å². The standard InChI is InChI=1S/C13H28O/c1-10(12(3,4)5)9-11(2)14-13(6,7)8/h10-11H,9H2,1-8H3/t10-,11+/m0/s1. The molecule has 0 aromatic heterocycles. The third-order valence-electron chi connectivity index (χ3n) is 2.72. The SMILES string of the molecule is C[C@H](C[C@H](C)C(C)(C)C)OC(C)(C)C. The summed E-state index contributed by atoms with van der Waals surface area (Å²) in [5.74, 6) is 0.694. The molecule has 0 N–H and O–H groups in total. The van der Waals surface area contributed by atoms with Crippen molar-refractivity contribution < 1.29 is 4.74 Å². The number of hydrogen-bond acceptors (Lipinski definition) is 1. The van der Waals surface area contributed by atoms with Crippen LogP contribution in [0.3, 0.4) is 0 Å². The first-order chi connectivity index (χ1) is 6.02. The molecule has 0 aliphatic carbocycles. The van der Waals surface area contributed by atoms with Crippen LogP contribution in [0, 0.1) is 11.3 Å². The molecular weight excluding hydrogens is 172 g/mol. The molecule has 0 heterocycles. The zero-order valence-corrected chi connectivity index (χ0v) is 11.3. The molecule has 1 nitrogen and oxygen atoms in total. The maximum Gasteiger partial charge on any atom is 0.0602 e. The summed E-state index contributed by atoms with van der Waals surface area (Å²) in [4.78, 5) is 0. The van der Waals surface area contributed by atoms with Crippen LogP contribution in [0.1, 0.15) is 61.8 Å². The normalized spacial score (nSPS) is 18.0. The lowest BCUT2D eigenvalue weighted by Crippen LogP contribution is -2.29. The first-order valence-electron chi connectivity index (χ1n) is 5.70. The largest absolute Gasteiger partial charge is 0.373 e. The highest BCUT2D eigenvalue weighted by atomic mass is 16.5. The van der Waals surface area contributed by atoms with E-state index in [1.54, 1.807) is 0 Å². The van der Waals surface area contributed by atoms with Crippen molar-refractivity contribution >= 4 is 0 Å². The molecule has 0 saturated carbocycles. The van der Waals surface area contributed by atoms with Crippen LogP contribution in [-0.4, -0.2) is 11.7 Å². The third kappa shape index (κ3) is 6.42. The summed E-state index contributed by atoms with van der Waals surface area (Å²) in [5, 5.41) is 0. The molecule has 0 fully saturated rings. The monoisotopic (exact) mass is 200 g/mol. The van der Waals surface area contributed by atoms with Gasteiger partial charge >= 0.3 is 0 Å². The maximum atomic E-state index is 5.90. The second kappa shape index (κ2) is 4.65. The summed E-state index contributed by atoms with van der Waals surface area (Å²) in [7, 11) is 0. The predicted molar refractivity (Wildman–Crippen MR) is 63.5 cm³/mol. The van der Waals surface area contributed by atoms with Crippen molar-refractivity contribution in [1.29, 1.82) is 0 Å². The number of hydrogen-bond donors (Lipinski definition) is 0. The Morgan fingerprint density at radius 1 is 0.929 bits per heavy atom. The highest BCUT2D eigenvalue weighted by Crippen LogP contribution is 2.30. The molecule has 0 aromatic carbocycles. The molecule has 0 aromatic rings. The van der Waals surface area contributed by atoms with Gasteiger partial charge in [-0.3, -0.25) is 0 Å². The van der Waals surface area contributed by atoms with Gasteiger partial charge in [0.1, 0.15) is 0 Å². The van der Waals surface area contributed by atoms with Gasteiger partial charge in [-0.1, -0.05) is 27.7 Å². The van der Waals surface area contributed by atoms with Gasteiger partial charge in [0.15, 0.2) is 0 Å². The van der Waals surface area contributed by atoms with Gasteiger partial charge in [0.05, 0.1) is 11.7 Å². The topological polar surface area (TPSA) is 9.23 Å². The maximum absolute atomic E-state index is 5.90. The third-order valence-corrected chi connectivity index (χ3v) is 2.72. The van der Waals surface area contributed by atoms with E-state index < -0.39 is 0 Å². The van der Waals surface area contributed by atoms with Gasteiger partial charge < -0.3 is 4.74 Å². The minimum absolute atomic E-state index is 0.0168. The van der Waals surface area contributed by atoms with Gasteiger partial charge in [0.25, 0.3) is 0 Å². The van der Waals surface area contributed by atoms with Crippen molar-refractivity contribution in [2.75, 3.05) is 0 Å². The van der Waals surface area contributed by atoms with E-state index in [-0.39, 0.29) is 5.60 Å². The molecule has 0 amide bonds. The van der Waals surface area contributed by atoms with E-state index in [0.29, 0.717) is 17.4 Å². The van der Waals surface area contributed by atoms with E-state index in [1.807, 2.05) is 0 Å². The minimum Gasteiger partial charge on any atom is -0.373 e. The number of rotatable bonds is 3. The fourth-order valence-electron chi connectivity index (χ4n) is 1.50. The molecule has 1 heteroatoms. The summed E-state index contributed by atoms with van der Waals surface area (Å²) < 4.78 is 5.90. The molecule has 86 valence electrons. The van der Waals surface area contributed by atoms with Gasteiger partial charge in [-0.05, 0) is 45.4 Å². The Kier molecular flexibility index (Phi) is 4.64. The average molecular weight is 200 g/mol.